The molecule has 0 aliphatic heterocycles. The first-order chi connectivity index (χ1) is 6.27. The first-order valence-corrected chi connectivity index (χ1v) is 4.15. The Hall–Kier alpha value is -1.52. The van der Waals surface area contributed by atoms with Gasteiger partial charge in [-0.1, -0.05) is 5.16 Å². The van der Waals surface area contributed by atoms with Gasteiger partial charge in [0.25, 0.3) is 0 Å². The summed E-state index contributed by atoms with van der Waals surface area (Å²) in [6, 6.07) is 0. The van der Waals surface area contributed by atoms with Crippen molar-refractivity contribution in [3.63, 3.8) is 0 Å². The molecular formula is C8H9NO4. The Morgan fingerprint density at radius 2 is 2.23 bits per heavy atom. The molecule has 1 heterocycles. The summed E-state index contributed by atoms with van der Waals surface area (Å²) in [6.07, 6.45) is 2.39. The van der Waals surface area contributed by atoms with Crippen LogP contribution in [0.4, 0.5) is 4.79 Å². The number of carboxylic acid groups (broad SMARTS) is 1. The number of fused-ring (bicyclic) bond motifs is 1. The van der Waals surface area contributed by atoms with Crippen molar-refractivity contribution in [1.82, 2.24) is 5.16 Å². The summed E-state index contributed by atoms with van der Waals surface area (Å²) in [5.74, 6) is 0.0437. The quantitative estimate of drug-likeness (QED) is 0.669. The van der Waals surface area contributed by atoms with Gasteiger partial charge in [0, 0.05) is 0 Å². The van der Waals surface area contributed by atoms with E-state index in [1.807, 2.05) is 0 Å². The Labute approximate surface area is 74.3 Å². The Bertz CT molecular complexity index is 331. The Kier molecular flexibility index (Phi) is 1.92. The molecule has 0 saturated carbocycles. The van der Waals surface area contributed by atoms with Gasteiger partial charge in [-0.25, -0.2) is 4.79 Å². The summed E-state index contributed by atoms with van der Waals surface area (Å²) in [7, 11) is 0. The second-order valence-corrected chi connectivity index (χ2v) is 2.97. The van der Waals surface area contributed by atoms with E-state index in [-0.39, 0.29) is 5.95 Å². The second kappa shape index (κ2) is 3.08. The molecule has 0 spiro atoms. The van der Waals surface area contributed by atoms with Crippen molar-refractivity contribution >= 4 is 6.16 Å². The third-order valence-electron chi connectivity index (χ3n) is 2.10. The lowest BCUT2D eigenvalue weighted by Crippen LogP contribution is -2.06. The summed E-state index contributed by atoms with van der Waals surface area (Å²) >= 11 is 0. The average molecular weight is 183 g/mol. The van der Waals surface area contributed by atoms with Crippen molar-refractivity contribution in [2.75, 3.05) is 0 Å². The number of hydrogen-bond acceptors (Lipinski definition) is 4. The molecule has 0 amide bonds. The minimum Gasteiger partial charge on any atom is -0.449 e. The van der Waals surface area contributed by atoms with Crippen LogP contribution in [0.15, 0.2) is 4.52 Å². The van der Waals surface area contributed by atoms with E-state index in [1.165, 1.54) is 0 Å². The van der Waals surface area contributed by atoms with Gasteiger partial charge < -0.3 is 14.4 Å². The van der Waals surface area contributed by atoms with Crippen LogP contribution in [0.2, 0.25) is 0 Å². The van der Waals surface area contributed by atoms with E-state index in [2.05, 4.69) is 9.89 Å². The normalized spacial score (nSPS) is 15.1. The van der Waals surface area contributed by atoms with Crippen LogP contribution in [0.25, 0.3) is 0 Å². The lowest BCUT2D eigenvalue weighted by atomic mass is 9.98. The maximum absolute atomic E-state index is 10.2. The monoisotopic (exact) mass is 183 g/mol. The van der Waals surface area contributed by atoms with E-state index in [0.717, 1.165) is 36.9 Å². The minimum atomic E-state index is -1.36. The molecule has 70 valence electrons. The van der Waals surface area contributed by atoms with Gasteiger partial charge in [-0.05, 0) is 25.7 Å². The van der Waals surface area contributed by atoms with Crippen LogP contribution >= 0.6 is 0 Å². The fourth-order valence-electron chi connectivity index (χ4n) is 1.52. The third kappa shape index (κ3) is 1.49. The van der Waals surface area contributed by atoms with E-state index in [1.54, 1.807) is 0 Å². The van der Waals surface area contributed by atoms with Crippen LogP contribution in [0.3, 0.4) is 0 Å². The first-order valence-electron chi connectivity index (χ1n) is 4.15. The molecular weight excluding hydrogens is 174 g/mol. The van der Waals surface area contributed by atoms with Crippen LogP contribution < -0.4 is 4.74 Å². The molecule has 1 aliphatic rings. The zero-order valence-corrected chi connectivity index (χ0v) is 6.95. The van der Waals surface area contributed by atoms with Gasteiger partial charge in [-0.15, -0.1) is 0 Å². The van der Waals surface area contributed by atoms with Gasteiger partial charge in [0.05, 0.1) is 11.3 Å². The molecule has 0 atom stereocenters. The van der Waals surface area contributed by atoms with Crippen molar-refractivity contribution in [3.8, 4) is 5.95 Å². The van der Waals surface area contributed by atoms with Crippen molar-refractivity contribution in [3.05, 3.63) is 11.3 Å². The largest absolute Gasteiger partial charge is 0.513 e. The maximum atomic E-state index is 10.2. The number of rotatable bonds is 1. The van der Waals surface area contributed by atoms with Gasteiger partial charge in [0.15, 0.2) is 0 Å². The van der Waals surface area contributed by atoms with Gasteiger partial charge in [-0.3, -0.25) is 0 Å². The van der Waals surface area contributed by atoms with E-state index < -0.39 is 6.16 Å². The Morgan fingerprint density at radius 3 is 3.00 bits per heavy atom. The highest BCUT2D eigenvalue weighted by atomic mass is 16.7. The van der Waals surface area contributed by atoms with Gasteiger partial charge in [-0.2, -0.15) is 0 Å². The third-order valence-corrected chi connectivity index (χ3v) is 2.10. The predicted octanol–water partition coefficient (Wildman–Crippen LogP) is 1.61. The number of carbonyl (C=O) groups is 1. The van der Waals surface area contributed by atoms with Crippen LogP contribution in [-0.2, 0) is 12.8 Å². The van der Waals surface area contributed by atoms with E-state index in [9.17, 15) is 4.79 Å². The standard InChI is InChI=1S/C8H9NO4/c10-8(11)12-7-5-3-1-2-4-6(5)9-13-7/h1-4H2,(H,10,11). The summed E-state index contributed by atoms with van der Waals surface area (Å²) < 4.78 is 9.22. The molecule has 0 saturated heterocycles. The number of ether oxygens (including phenoxy) is 1. The molecule has 5 nitrogen and oxygen atoms in total. The molecule has 1 aromatic rings. The fourth-order valence-corrected chi connectivity index (χ4v) is 1.52. The lowest BCUT2D eigenvalue weighted by molar-refractivity contribution is 0.127. The van der Waals surface area contributed by atoms with Crippen LogP contribution in [0.1, 0.15) is 24.1 Å². The van der Waals surface area contributed by atoms with Gasteiger partial charge in [0.2, 0.25) is 0 Å². The van der Waals surface area contributed by atoms with Crippen molar-refractivity contribution < 1.29 is 19.2 Å². The highest BCUT2D eigenvalue weighted by molar-refractivity contribution is 5.60. The van der Waals surface area contributed by atoms with Gasteiger partial charge in [0.1, 0.15) is 0 Å². The number of aryl methyl sites for hydroxylation is 1. The first kappa shape index (κ1) is 8.10. The molecule has 0 fully saturated rings. The van der Waals surface area contributed by atoms with Crippen molar-refractivity contribution in [2.45, 2.75) is 25.7 Å². The van der Waals surface area contributed by atoms with E-state index in [0.29, 0.717) is 0 Å². The molecule has 0 aromatic carbocycles. The smallest absolute Gasteiger partial charge is 0.449 e. The molecule has 0 radical (unpaired) electrons. The topological polar surface area (TPSA) is 72.6 Å². The molecule has 0 unspecified atom stereocenters. The minimum absolute atomic E-state index is 0.0437. The van der Waals surface area contributed by atoms with E-state index >= 15 is 0 Å². The fraction of sp³-hybridized carbons (Fsp3) is 0.500. The predicted molar refractivity (Wildman–Crippen MR) is 41.8 cm³/mol. The SMILES string of the molecule is O=C(O)Oc1onc2c1CCCC2. The number of nitrogens with zero attached hydrogens (tertiary/aromatic N) is 1. The van der Waals surface area contributed by atoms with Crippen molar-refractivity contribution in [2.24, 2.45) is 0 Å². The summed E-state index contributed by atoms with van der Waals surface area (Å²) in [4.78, 5) is 10.2. The molecule has 1 N–H and O–H groups in total. The summed E-state index contributed by atoms with van der Waals surface area (Å²) in [5.41, 5.74) is 1.65. The molecule has 5 heteroatoms. The summed E-state index contributed by atoms with van der Waals surface area (Å²) in [6.45, 7) is 0. The maximum Gasteiger partial charge on any atom is 0.513 e. The highest BCUT2D eigenvalue weighted by Crippen LogP contribution is 2.29. The van der Waals surface area contributed by atoms with E-state index in [4.69, 9.17) is 9.63 Å². The van der Waals surface area contributed by atoms with Crippen molar-refractivity contribution in [1.29, 1.82) is 0 Å². The second-order valence-electron chi connectivity index (χ2n) is 2.97. The zero-order valence-electron chi connectivity index (χ0n) is 6.95. The number of aromatic nitrogens is 1. The molecule has 13 heavy (non-hydrogen) atoms. The molecule has 1 aromatic heterocycles. The highest BCUT2D eigenvalue weighted by Gasteiger charge is 2.21. The molecule has 0 bridgehead atoms. The van der Waals surface area contributed by atoms with Crippen LogP contribution in [0.5, 0.6) is 5.95 Å². The Morgan fingerprint density at radius 1 is 1.46 bits per heavy atom. The van der Waals surface area contributed by atoms with Gasteiger partial charge >= 0.3 is 12.1 Å². The number of hydrogen-bond donors (Lipinski definition) is 1. The van der Waals surface area contributed by atoms with Crippen LogP contribution in [-0.4, -0.2) is 16.4 Å². The lowest BCUT2D eigenvalue weighted by Gasteiger charge is -2.07. The molecule has 2 rings (SSSR count). The zero-order chi connectivity index (χ0) is 9.26. The molecule has 1 aliphatic carbocycles. The van der Waals surface area contributed by atoms with Crippen LogP contribution in [0, 0.1) is 0 Å². The average Bonchev–Trinajstić information content (AvgIpc) is 2.48. The summed E-state index contributed by atoms with van der Waals surface area (Å²) in [5, 5.41) is 12.1. The Balaban J connectivity index is 2.26.